The molecule has 0 unspecified atom stereocenters. The Hall–Kier alpha value is -3.33. The summed E-state index contributed by atoms with van der Waals surface area (Å²) in [5, 5.41) is 0.192. The summed E-state index contributed by atoms with van der Waals surface area (Å²) in [6, 6.07) is 7.65. The zero-order valence-electron chi connectivity index (χ0n) is 16.3. The van der Waals surface area contributed by atoms with Crippen LogP contribution in [-0.2, 0) is 23.1 Å². The van der Waals surface area contributed by atoms with Crippen LogP contribution in [0.5, 0.6) is 0 Å². The molecule has 0 bridgehead atoms. The first-order valence-electron chi connectivity index (χ1n) is 9.35. The Labute approximate surface area is 166 Å². The van der Waals surface area contributed by atoms with Crippen LogP contribution in [0.25, 0.3) is 22.4 Å². The highest BCUT2D eigenvalue weighted by Gasteiger charge is 2.21. The van der Waals surface area contributed by atoms with Gasteiger partial charge in [-0.15, -0.1) is 0 Å². The molecule has 3 heterocycles. The largest absolute Gasteiger partial charge is 0.378 e. The van der Waals surface area contributed by atoms with Gasteiger partial charge in [-0.25, -0.2) is 14.8 Å². The lowest BCUT2D eigenvalue weighted by atomic mass is 10.1. The van der Waals surface area contributed by atoms with Gasteiger partial charge in [0.15, 0.2) is 11.5 Å². The van der Waals surface area contributed by atoms with Crippen LogP contribution in [0.4, 0.5) is 0 Å². The monoisotopic (exact) mass is 395 g/mol. The van der Waals surface area contributed by atoms with Gasteiger partial charge in [-0.1, -0.05) is 29.8 Å². The Morgan fingerprint density at radius 2 is 1.83 bits per heavy atom. The van der Waals surface area contributed by atoms with Gasteiger partial charge >= 0.3 is 5.69 Å². The van der Waals surface area contributed by atoms with E-state index in [1.165, 1.54) is 17.8 Å². The number of rotatable bonds is 3. The topological polar surface area (TPSA) is 99.3 Å². The predicted molar refractivity (Wildman–Crippen MR) is 107 cm³/mol. The van der Waals surface area contributed by atoms with E-state index in [9.17, 15) is 14.4 Å². The summed E-state index contributed by atoms with van der Waals surface area (Å²) in [5.74, 6) is 0.137. The number of ether oxygens (including phenoxy) is 1. The minimum Gasteiger partial charge on any atom is -0.378 e. The Balaban J connectivity index is 1.75. The van der Waals surface area contributed by atoms with Crippen LogP contribution in [-0.4, -0.2) is 56.2 Å². The van der Waals surface area contributed by atoms with Crippen LogP contribution in [0.3, 0.4) is 0 Å². The van der Waals surface area contributed by atoms with Crippen molar-refractivity contribution in [1.82, 2.24) is 24.0 Å². The lowest BCUT2D eigenvalue weighted by Gasteiger charge is -2.27. The number of morpholine rings is 1. The molecule has 0 aliphatic carbocycles. The van der Waals surface area contributed by atoms with E-state index in [1.807, 2.05) is 31.2 Å². The standard InChI is InChI=1S/C20H21N5O4/c1-13-3-5-14(6-4-13)17-21-11-15-18(22-17)23(2)20(28)25(19(15)27)12-16(26)24-7-9-29-10-8-24/h3-6,11H,7-10,12H2,1-2H3. The van der Waals surface area contributed by atoms with Crippen molar-refractivity contribution in [2.24, 2.45) is 7.05 Å². The molecule has 3 aromatic rings. The molecule has 4 rings (SSSR count). The van der Waals surface area contributed by atoms with Crippen LogP contribution in [0.1, 0.15) is 5.56 Å². The highest BCUT2D eigenvalue weighted by atomic mass is 16.5. The van der Waals surface area contributed by atoms with Crippen LogP contribution in [0, 0.1) is 6.92 Å². The molecule has 1 amide bonds. The van der Waals surface area contributed by atoms with Gasteiger partial charge in [0.05, 0.1) is 13.2 Å². The van der Waals surface area contributed by atoms with E-state index in [-0.39, 0.29) is 23.5 Å². The second kappa shape index (κ2) is 7.59. The number of aryl methyl sites for hydroxylation is 2. The molecule has 9 heteroatoms. The lowest BCUT2D eigenvalue weighted by Crippen LogP contribution is -2.47. The molecule has 1 saturated heterocycles. The molecule has 0 saturated carbocycles. The minimum atomic E-state index is -0.585. The van der Waals surface area contributed by atoms with Gasteiger partial charge in [0.25, 0.3) is 5.56 Å². The van der Waals surface area contributed by atoms with Crippen molar-refractivity contribution in [3.8, 4) is 11.4 Å². The molecule has 2 aromatic heterocycles. The third-order valence-electron chi connectivity index (χ3n) is 5.05. The van der Waals surface area contributed by atoms with Crippen molar-refractivity contribution >= 4 is 16.9 Å². The van der Waals surface area contributed by atoms with Crippen molar-refractivity contribution in [3.63, 3.8) is 0 Å². The molecule has 1 aliphatic heterocycles. The highest BCUT2D eigenvalue weighted by Crippen LogP contribution is 2.17. The van der Waals surface area contributed by atoms with Crippen molar-refractivity contribution in [2.75, 3.05) is 26.3 Å². The quantitative estimate of drug-likeness (QED) is 0.634. The van der Waals surface area contributed by atoms with Gasteiger partial charge in [-0.05, 0) is 6.92 Å². The van der Waals surface area contributed by atoms with Gasteiger partial charge in [0, 0.05) is 31.9 Å². The van der Waals surface area contributed by atoms with E-state index in [0.717, 1.165) is 15.7 Å². The number of nitrogens with zero attached hydrogens (tertiary/aromatic N) is 5. The summed E-state index contributed by atoms with van der Waals surface area (Å²) in [6.45, 7) is 3.46. The number of aromatic nitrogens is 4. The highest BCUT2D eigenvalue weighted by molar-refractivity contribution is 5.78. The van der Waals surface area contributed by atoms with E-state index in [2.05, 4.69) is 9.97 Å². The first-order valence-corrected chi connectivity index (χ1v) is 9.35. The van der Waals surface area contributed by atoms with Crippen LogP contribution < -0.4 is 11.2 Å². The number of carbonyl (C=O) groups excluding carboxylic acids is 1. The molecule has 0 atom stereocenters. The fraction of sp³-hybridized carbons (Fsp3) is 0.350. The van der Waals surface area contributed by atoms with Gasteiger partial charge in [0.1, 0.15) is 11.9 Å². The van der Waals surface area contributed by atoms with Crippen molar-refractivity contribution < 1.29 is 9.53 Å². The summed E-state index contributed by atoms with van der Waals surface area (Å²) in [7, 11) is 1.53. The Morgan fingerprint density at radius 3 is 2.52 bits per heavy atom. The van der Waals surface area contributed by atoms with E-state index in [0.29, 0.717) is 32.1 Å². The van der Waals surface area contributed by atoms with E-state index >= 15 is 0 Å². The van der Waals surface area contributed by atoms with Gasteiger partial charge in [-0.2, -0.15) is 0 Å². The summed E-state index contributed by atoms with van der Waals surface area (Å²) in [6.07, 6.45) is 1.41. The summed E-state index contributed by atoms with van der Waals surface area (Å²) in [4.78, 5) is 48.5. The Morgan fingerprint density at radius 1 is 1.14 bits per heavy atom. The first-order chi connectivity index (χ1) is 14.0. The van der Waals surface area contributed by atoms with E-state index < -0.39 is 11.2 Å². The normalized spacial score (nSPS) is 14.3. The molecule has 0 radical (unpaired) electrons. The van der Waals surface area contributed by atoms with Crippen LogP contribution in [0.2, 0.25) is 0 Å². The van der Waals surface area contributed by atoms with Crippen molar-refractivity contribution in [1.29, 1.82) is 0 Å². The van der Waals surface area contributed by atoms with Crippen LogP contribution in [0.15, 0.2) is 40.1 Å². The molecular weight excluding hydrogens is 374 g/mol. The number of amides is 1. The molecular formula is C20H21N5O4. The summed E-state index contributed by atoms with van der Waals surface area (Å²) < 4.78 is 7.45. The maximum atomic E-state index is 12.9. The fourth-order valence-corrected chi connectivity index (χ4v) is 3.31. The summed E-state index contributed by atoms with van der Waals surface area (Å²) in [5.41, 5.74) is 0.977. The van der Waals surface area contributed by atoms with Gasteiger partial charge in [0.2, 0.25) is 5.91 Å². The number of hydrogen-bond donors (Lipinski definition) is 0. The number of carbonyl (C=O) groups is 1. The number of benzene rings is 1. The van der Waals surface area contributed by atoms with Crippen molar-refractivity contribution in [3.05, 3.63) is 56.9 Å². The van der Waals surface area contributed by atoms with Crippen LogP contribution >= 0.6 is 0 Å². The predicted octanol–water partition coefficient (Wildman–Crippen LogP) is 0.324. The zero-order chi connectivity index (χ0) is 20.5. The SMILES string of the molecule is Cc1ccc(-c2ncc3c(=O)n(CC(=O)N4CCOCC4)c(=O)n(C)c3n2)cc1. The van der Waals surface area contributed by atoms with E-state index in [4.69, 9.17) is 4.74 Å². The average molecular weight is 395 g/mol. The molecule has 0 N–H and O–H groups in total. The molecule has 150 valence electrons. The molecule has 1 aromatic carbocycles. The minimum absolute atomic E-state index is 0.192. The summed E-state index contributed by atoms with van der Waals surface area (Å²) >= 11 is 0. The Bertz CT molecular complexity index is 1190. The Kier molecular flexibility index (Phi) is 4.98. The zero-order valence-corrected chi connectivity index (χ0v) is 16.3. The van der Waals surface area contributed by atoms with Gasteiger partial charge in [-0.3, -0.25) is 18.7 Å². The molecule has 29 heavy (non-hydrogen) atoms. The third kappa shape index (κ3) is 3.56. The number of fused-ring (bicyclic) bond motifs is 1. The maximum absolute atomic E-state index is 12.9. The van der Waals surface area contributed by atoms with Crippen molar-refractivity contribution in [2.45, 2.75) is 13.5 Å². The fourth-order valence-electron chi connectivity index (χ4n) is 3.31. The lowest BCUT2D eigenvalue weighted by molar-refractivity contribution is -0.136. The average Bonchev–Trinajstić information content (AvgIpc) is 2.76. The maximum Gasteiger partial charge on any atom is 0.332 e. The first kappa shape index (κ1) is 19.0. The smallest absolute Gasteiger partial charge is 0.332 e. The van der Waals surface area contributed by atoms with Gasteiger partial charge < -0.3 is 9.64 Å². The second-order valence-electron chi connectivity index (χ2n) is 7.02. The molecule has 0 spiro atoms. The van der Waals surface area contributed by atoms with E-state index in [1.54, 1.807) is 4.90 Å². The second-order valence-corrected chi connectivity index (χ2v) is 7.02. The third-order valence-corrected chi connectivity index (χ3v) is 5.05. The molecule has 1 fully saturated rings. The molecule has 1 aliphatic rings. The molecule has 9 nitrogen and oxygen atoms in total. The number of hydrogen-bond acceptors (Lipinski definition) is 6.